The van der Waals surface area contributed by atoms with Crippen LogP contribution >= 0.6 is 15.9 Å². The minimum Gasteiger partial charge on any atom is -0.480 e. The zero-order chi connectivity index (χ0) is 15.0. The van der Waals surface area contributed by atoms with Crippen molar-refractivity contribution in [2.75, 3.05) is 0 Å². The van der Waals surface area contributed by atoms with Crippen LogP contribution in [0.1, 0.15) is 37.7 Å². The smallest absolute Gasteiger partial charge is 0.320 e. The number of halogens is 2. The summed E-state index contributed by atoms with van der Waals surface area (Å²) in [4.78, 5) is 13.6. The van der Waals surface area contributed by atoms with E-state index in [0.717, 1.165) is 23.7 Å². The van der Waals surface area contributed by atoms with E-state index in [9.17, 15) is 14.3 Å². The molecule has 3 rings (SSSR count). The molecule has 0 spiro atoms. The highest BCUT2D eigenvalue weighted by molar-refractivity contribution is 9.10. The van der Waals surface area contributed by atoms with Crippen molar-refractivity contribution >= 4 is 21.9 Å². The Hall–Kier alpha value is -0.940. The van der Waals surface area contributed by atoms with E-state index in [4.69, 9.17) is 0 Å². The summed E-state index contributed by atoms with van der Waals surface area (Å²) in [5, 5.41) is 9.49. The first kappa shape index (κ1) is 15.0. The Balaban J connectivity index is 1.86. The first-order chi connectivity index (χ1) is 10.1. The van der Waals surface area contributed by atoms with Gasteiger partial charge in [-0.3, -0.25) is 9.69 Å². The molecule has 21 heavy (non-hydrogen) atoms. The van der Waals surface area contributed by atoms with Crippen LogP contribution in [-0.2, 0) is 11.3 Å². The van der Waals surface area contributed by atoms with Gasteiger partial charge in [-0.25, -0.2) is 4.39 Å². The summed E-state index contributed by atoms with van der Waals surface area (Å²) in [5.74, 6) is -0.587. The standard InChI is InChI=1S/C16H19BrFNO2/c17-12-5-6-13(18)11(7-12)9-19-14-4-2-1-3-10(14)8-15(19)16(20)21/h5-7,10,14-15H,1-4,8-9H2,(H,20,21). The van der Waals surface area contributed by atoms with Crippen LogP contribution in [0.15, 0.2) is 22.7 Å². The summed E-state index contributed by atoms with van der Waals surface area (Å²) in [7, 11) is 0. The first-order valence-corrected chi connectivity index (χ1v) is 8.28. The van der Waals surface area contributed by atoms with Crippen LogP contribution in [0.2, 0.25) is 0 Å². The Morgan fingerprint density at radius 2 is 2.14 bits per heavy atom. The van der Waals surface area contributed by atoms with Gasteiger partial charge in [0.15, 0.2) is 0 Å². The maximum atomic E-state index is 14.0. The fraction of sp³-hybridized carbons (Fsp3) is 0.562. The second kappa shape index (κ2) is 6.05. The highest BCUT2D eigenvalue weighted by Crippen LogP contribution is 2.40. The average molecular weight is 356 g/mol. The van der Waals surface area contributed by atoms with E-state index in [1.165, 1.54) is 12.5 Å². The molecule has 114 valence electrons. The lowest BCUT2D eigenvalue weighted by atomic mass is 9.84. The molecule has 0 bridgehead atoms. The molecule has 2 fully saturated rings. The molecule has 1 aliphatic heterocycles. The SMILES string of the molecule is O=C(O)C1CC2CCCCC2N1Cc1cc(Br)ccc1F. The zero-order valence-corrected chi connectivity index (χ0v) is 13.4. The molecule has 0 amide bonds. The summed E-state index contributed by atoms with van der Waals surface area (Å²) in [5.41, 5.74) is 0.571. The number of hydrogen-bond donors (Lipinski definition) is 1. The number of carboxylic acids is 1. The number of carbonyl (C=O) groups is 1. The van der Waals surface area contributed by atoms with Gasteiger partial charge in [0.05, 0.1) is 0 Å². The lowest BCUT2D eigenvalue weighted by Gasteiger charge is -2.33. The Morgan fingerprint density at radius 3 is 2.90 bits per heavy atom. The third-order valence-corrected chi connectivity index (χ3v) is 5.36. The van der Waals surface area contributed by atoms with Crippen molar-refractivity contribution in [3.8, 4) is 0 Å². The molecule has 2 aliphatic rings. The third-order valence-electron chi connectivity index (χ3n) is 4.87. The number of aliphatic carboxylic acids is 1. The molecule has 3 unspecified atom stereocenters. The van der Waals surface area contributed by atoms with Crippen molar-refractivity contribution in [1.82, 2.24) is 4.90 Å². The van der Waals surface area contributed by atoms with E-state index < -0.39 is 12.0 Å². The summed E-state index contributed by atoms with van der Waals surface area (Å²) in [6.45, 7) is 0.378. The van der Waals surface area contributed by atoms with Crippen molar-refractivity contribution in [2.24, 2.45) is 5.92 Å². The summed E-state index contributed by atoms with van der Waals surface area (Å²) < 4.78 is 14.8. The second-order valence-corrected chi connectivity index (χ2v) is 7.03. The number of rotatable bonds is 3. The van der Waals surface area contributed by atoms with Crippen molar-refractivity contribution in [1.29, 1.82) is 0 Å². The van der Waals surface area contributed by atoms with Crippen molar-refractivity contribution in [2.45, 2.75) is 50.7 Å². The van der Waals surface area contributed by atoms with E-state index in [2.05, 4.69) is 15.9 Å². The Morgan fingerprint density at radius 1 is 1.38 bits per heavy atom. The molecular formula is C16H19BrFNO2. The highest BCUT2D eigenvalue weighted by atomic mass is 79.9. The van der Waals surface area contributed by atoms with E-state index >= 15 is 0 Å². The van der Waals surface area contributed by atoms with Gasteiger partial charge in [0, 0.05) is 22.6 Å². The number of hydrogen-bond acceptors (Lipinski definition) is 2. The quantitative estimate of drug-likeness (QED) is 0.896. The van der Waals surface area contributed by atoms with Crippen molar-refractivity contribution < 1.29 is 14.3 Å². The van der Waals surface area contributed by atoms with Crippen LogP contribution in [-0.4, -0.2) is 28.1 Å². The Bertz CT molecular complexity index is 551. The second-order valence-electron chi connectivity index (χ2n) is 6.11. The number of carboxylic acid groups (broad SMARTS) is 1. The van der Waals surface area contributed by atoms with Gasteiger partial charge in [0.1, 0.15) is 11.9 Å². The minimum absolute atomic E-state index is 0.262. The Kier molecular flexibility index (Phi) is 4.31. The minimum atomic E-state index is -0.778. The molecule has 3 nitrogen and oxygen atoms in total. The van der Waals surface area contributed by atoms with E-state index in [-0.39, 0.29) is 5.82 Å². The predicted octanol–water partition coefficient (Wildman–Crippen LogP) is 3.81. The molecule has 3 atom stereocenters. The molecule has 1 aromatic carbocycles. The van der Waals surface area contributed by atoms with Gasteiger partial charge < -0.3 is 5.11 Å². The van der Waals surface area contributed by atoms with E-state index in [1.807, 2.05) is 4.90 Å². The van der Waals surface area contributed by atoms with Crippen molar-refractivity contribution in [3.05, 3.63) is 34.1 Å². The molecule has 1 N–H and O–H groups in total. The molecule has 1 saturated heterocycles. The van der Waals surface area contributed by atoms with Crippen LogP contribution < -0.4 is 0 Å². The molecule has 0 radical (unpaired) electrons. The molecule has 1 aliphatic carbocycles. The number of likely N-dealkylation sites (tertiary alicyclic amines) is 1. The monoisotopic (exact) mass is 355 g/mol. The fourth-order valence-corrected chi connectivity index (χ4v) is 4.29. The van der Waals surface area contributed by atoms with Gasteiger partial charge in [-0.05, 0) is 43.4 Å². The Labute approximate surface area is 132 Å². The van der Waals surface area contributed by atoms with Gasteiger partial charge in [-0.1, -0.05) is 28.8 Å². The largest absolute Gasteiger partial charge is 0.480 e. The van der Waals surface area contributed by atoms with Gasteiger partial charge in [0.25, 0.3) is 0 Å². The lowest BCUT2D eigenvalue weighted by Crippen LogP contribution is -2.41. The topological polar surface area (TPSA) is 40.5 Å². The number of nitrogens with zero attached hydrogens (tertiary/aromatic N) is 1. The van der Waals surface area contributed by atoms with E-state index in [1.54, 1.807) is 12.1 Å². The highest BCUT2D eigenvalue weighted by Gasteiger charge is 2.45. The van der Waals surface area contributed by atoms with Gasteiger partial charge in [-0.15, -0.1) is 0 Å². The molecule has 5 heteroatoms. The van der Waals surface area contributed by atoms with Gasteiger partial charge >= 0.3 is 5.97 Å². The average Bonchev–Trinajstić information content (AvgIpc) is 2.82. The number of fused-ring (bicyclic) bond motifs is 1. The van der Waals surface area contributed by atoms with Gasteiger partial charge in [-0.2, -0.15) is 0 Å². The summed E-state index contributed by atoms with van der Waals surface area (Å²) in [6, 6.07) is 4.67. The maximum Gasteiger partial charge on any atom is 0.320 e. The van der Waals surface area contributed by atoms with Crippen molar-refractivity contribution in [3.63, 3.8) is 0 Å². The van der Waals surface area contributed by atoms with E-state index in [0.29, 0.717) is 30.5 Å². The third kappa shape index (κ3) is 2.99. The number of benzene rings is 1. The van der Waals surface area contributed by atoms with Crippen LogP contribution in [0.4, 0.5) is 4.39 Å². The molecule has 1 aromatic rings. The predicted molar refractivity (Wildman–Crippen MR) is 81.4 cm³/mol. The summed E-state index contributed by atoms with van der Waals surface area (Å²) >= 11 is 3.36. The first-order valence-electron chi connectivity index (χ1n) is 7.48. The molecular weight excluding hydrogens is 337 g/mol. The summed E-state index contributed by atoms with van der Waals surface area (Å²) in [6.07, 6.45) is 5.17. The molecule has 1 heterocycles. The van der Waals surface area contributed by atoms with Crippen LogP contribution in [0.5, 0.6) is 0 Å². The maximum absolute atomic E-state index is 14.0. The molecule has 1 saturated carbocycles. The fourth-order valence-electron chi connectivity index (χ4n) is 3.88. The molecule has 0 aromatic heterocycles. The van der Waals surface area contributed by atoms with Gasteiger partial charge in [0.2, 0.25) is 0 Å². The van der Waals surface area contributed by atoms with Crippen LogP contribution in [0.25, 0.3) is 0 Å². The lowest BCUT2D eigenvalue weighted by molar-refractivity contribution is -0.142. The van der Waals surface area contributed by atoms with Crippen LogP contribution in [0.3, 0.4) is 0 Å². The van der Waals surface area contributed by atoms with Crippen LogP contribution in [0, 0.1) is 11.7 Å². The normalized spacial score (nSPS) is 29.3. The zero-order valence-electron chi connectivity index (χ0n) is 11.8.